The zero-order valence-corrected chi connectivity index (χ0v) is 12.8. The van der Waals surface area contributed by atoms with Crippen molar-refractivity contribution in [2.45, 2.75) is 58.5 Å². The van der Waals surface area contributed by atoms with Crippen LogP contribution in [0.15, 0.2) is 29.2 Å². The average Bonchev–Trinajstić information content (AvgIpc) is 2.39. The summed E-state index contributed by atoms with van der Waals surface area (Å²) in [6.07, 6.45) is 8.11. The zero-order chi connectivity index (χ0) is 14.4. The Morgan fingerprint density at radius 1 is 1.15 bits per heavy atom. The van der Waals surface area contributed by atoms with Gasteiger partial charge in [0.15, 0.2) is 0 Å². The Morgan fingerprint density at radius 2 is 1.90 bits per heavy atom. The molecule has 1 aromatic rings. The van der Waals surface area contributed by atoms with Gasteiger partial charge >= 0.3 is 0 Å². The molecule has 0 amide bonds. The third-order valence-corrected chi connectivity index (χ3v) is 4.34. The van der Waals surface area contributed by atoms with Crippen LogP contribution in [0, 0.1) is 11.8 Å². The molecule has 1 N–H and O–H groups in total. The van der Waals surface area contributed by atoms with Gasteiger partial charge in [0.25, 0.3) is 0 Å². The van der Waals surface area contributed by atoms with E-state index in [1.807, 2.05) is 12.3 Å². The van der Waals surface area contributed by atoms with Gasteiger partial charge in [-0.1, -0.05) is 19.9 Å². The number of aryl methyl sites for hydroxylation is 1. The van der Waals surface area contributed by atoms with Gasteiger partial charge in [-0.15, -0.1) is 0 Å². The van der Waals surface area contributed by atoms with Gasteiger partial charge in [-0.25, -0.2) is 0 Å². The molecular formula is C17H28N2O. The Kier molecular flexibility index (Phi) is 5.84. The van der Waals surface area contributed by atoms with Gasteiger partial charge in [-0.3, -0.25) is 4.79 Å². The number of nitrogens with one attached hydrogen (secondary N) is 1. The van der Waals surface area contributed by atoms with Crippen molar-refractivity contribution in [2.75, 3.05) is 6.54 Å². The van der Waals surface area contributed by atoms with Crippen molar-refractivity contribution in [3.05, 3.63) is 34.7 Å². The summed E-state index contributed by atoms with van der Waals surface area (Å²) >= 11 is 0. The van der Waals surface area contributed by atoms with E-state index < -0.39 is 0 Å². The average molecular weight is 276 g/mol. The topological polar surface area (TPSA) is 34.0 Å². The van der Waals surface area contributed by atoms with Crippen molar-refractivity contribution < 1.29 is 0 Å². The minimum Gasteiger partial charge on any atom is -0.316 e. The number of hydrogen-bond acceptors (Lipinski definition) is 2. The monoisotopic (exact) mass is 276 g/mol. The molecule has 1 aliphatic carbocycles. The maximum atomic E-state index is 11.5. The highest BCUT2D eigenvalue weighted by molar-refractivity contribution is 4.93. The second-order valence-electron chi connectivity index (χ2n) is 6.51. The summed E-state index contributed by atoms with van der Waals surface area (Å²) < 4.78 is 1.80. The lowest BCUT2D eigenvalue weighted by Gasteiger charge is -2.32. The predicted molar refractivity (Wildman–Crippen MR) is 83.9 cm³/mol. The van der Waals surface area contributed by atoms with Gasteiger partial charge < -0.3 is 9.88 Å². The summed E-state index contributed by atoms with van der Waals surface area (Å²) in [5.74, 6) is 1.72. The molecule has 2 atom stereocenters. The van der Waals surface area contributed by atoms with Gasteiger partial charge in [0.1, 0.15) is 0 Å². The quantitative estimate of drug-likeness (QED) is 0.810. The second-order valence-corrected chi connectivity index (χ2v) is 6.51. The summed E-state index contributed by atoms with van der Waals surface area (Å²) in [6.45, 7) is 6.64. The van der Waals surface area contributed by atoms with Gasteiger partial charge in [0.2, 0.25) is 5.56 Å². The number of pyridine rings is 1. The molecule has 1 saturated carbocycles. The third-order valence-electron chi connectivity index (χ3n) is 4.34. The smallest absolute Gasteiger partial charge is 0.250 e. The summed E-state index contributed by atoms with van der Waals surface area (Å²) in [6, 6.07) is 6.05. The van der Waals surface area contributed by atoms with Crippen LogP contribution in [0.2, 0.25) is 0 Å². The van der Waals surface area contributed by atoms with Crippen LogP contribution in [0.25, 0.3) is 0 Å². The maximum absolute atomic E-state index is 11.5. The first kappa shape index (κ1) is 15.3. The number of rotatable bonds is 6. The first-order valence-electron chi connectivity index (χ1n) is 8.04. The Balaban J connectivity index is 1.62. The summed E-state index contributed by atoms with van der Waals surface area (Å²) in [5.41, 5.74) is 0.107. The highest BCUT2D eigenvalue weighted by atomic mass is 16.1. The van der Waals surface area contributed by atoms with Crippen LogP contribution in [0.5, 0.6) is 0 Å². The summed E-state index contributed by atoms with van der Waals surface area (Å²) in [4.78, 5) is 11.5. The minimum absolute atomic E-state index is 0.107. The van der Waals surface area contributed by atoms with Crippen LogP contribution >= 0.6 is 0 Å². The lowest BCUT2D eigenvalue weighted by atomic mass is 9.80. The zero-order valence-electron chi connectivity index (χ0n) is 12.8. The van der Waals surface area contributed by atoms with E-state index in [4.69, 9.17) is 0 Å². The molecule has 0 aliphatic heterocycles. The SMILES string of the molecule is C[C@@H]1CC(NCCCCn2ccccc2=O)C[C@@H](C)C1. The fraction of sp³-hybridized carbons (Fsp3) is 0.706. The molecule has 1 fully saturated rings. The van der Waals surface area contributed by atoms with Crippen LogP contribution in [0.3, 0.4) is 0 Å². The lowest BCUT2D eigenvalue weighted by Crippen LogP contribution is -2.36. The number of hydrogen-bond donors (Lipinski definition) is 1. The molecule has 20 heavy (non-hydrogen) atoms. The molecule has 1 aromatic heterocycles. The maximum Gasteiger partial charge on any atom is 0.250 e. The molecule has 3 nitrogen and oxygen atoms in total. The largest absolute Gasteiger partial charge is 0.316 e. The number of nitrogens with zero attached hydrogens (tertiary/aromatic N) is 1. The molecule has 0 bridgehead atoms. The molecule has 0 saturated heterocycles. The Labute approximate surface area is 122 Å². The Bertz CT molecular complexity index is 444. The normalized spacial score (nSPS) is 26.6. The fourth-order valence-corrected chi connectivity index (χ4v) is 3.47. The second kappa shape index (κ2) is 7.63. The van der Waals surface area contributed by atoms with Crippen LogP contribution in [-0.2, 0) is 6.54 Å². The van der Waals surface area contributed by atoms with Crippen LogP contribution in [0.4, 0.5) is 0 Å². The predicted octanol–water partition coefficient (Wildman–Crippen LogP) is 3.04. The molecule has 3 heteroatoms. The molecule has 0 spiro atoms. The number of unbranched alkanes of at least 4 members (excludes halogenated alkanes) is 1. The van der Waals surface area contributed by atoms with E-state index in [9.17, 15) is 4.79 Å². The highest BCUT2D eigenvalue weighted by Gasteiger charge is 2.22. The van der Waals surface area contributed by atoms with Crippen molar-refractivity contribution >= 4 is 0 Å². The number of aromatic nitrogens is 1. The van der Waals surface area contributed by atoms with Crippen molar-refractivity contribution in [2.24, 2.45) is 11.8 Å². The van der Waals surface area contributed by atoms with Crippen molar-refractivity contribution in [1.29, 1.82) is 0 Å². The van der Waals surface area contributed by atoms with Crippen LogP contribution in [0.1, 0.15) is 46.0 Å². The van der Waals surface area contributed by atoms with Gasteiger partial charge in [-0.05, 0) is 56.6 Å². The highest BCUT2D eigenvalue weighted by Crippen LogP contribution is 2.28. The summed E-state index contributed by atoms with van der Waals surface area (Å²) in [7, 11) is 0. The lowest BCUT2D eigenvalue weighted by molar-refractivity contribution is 0.238. The third kappa shape index (κ3) is 4.78. The van der Waals surface area contributed by atoms with E-state index >= 15 is 0 Å². The molecule has 0 unspecified atom stereocenters. The van der Waals surface area contributed by atoms with E-state index in [1.165, 1.54) is 19.3 Å². The van der Waals surface area contributed by atoms with E-state index in [0.717, 1.165) is 37.8 Å². The molecule has 1 heterocycles. The van der Waals surface area contributed by atoms with E-state index in [0.29, 0.717) is 6.04 Å². The van der Waals surface area contributed by atoms with E-state index in [-0.39, 0.29) is 5.56 Å². The first-order chi connectivity index (χ1) is 9.65. The standard InChI is InChI=1S/C17H28N2O/c1-14-11-15(2)13-16(12-14)18-8-4-6-10-19-9-5-3-7-17(19)20/h3,5,7,9,14-16,18H,4,6,8,10-13H2,1-2H3/t14-,15-/m0/s1. The minimum atomic E-state index is 0.107. The van der Waals surface area contributed by atoms with Crippen molar-refractivity contribution in [3.8, 4) is 0 Å². The van der Waals surface area contributed by atoms with E-state index in [1.54, 1.807) is 16.7 Å². The Morgan fingerprint density at radius 3 is 2.60 bits per heavy atom. The molecular weight excluding hydrogens is 248 g/mol. The molecule has 1 aliphatic rings. The molecule has 112 valence electrons. The summed E-state index contributed by atoms with van der Waals surface area (Å²) in [5, 5.41) is 3.70. The molecule has 0 aromatic carbocycles. The first-order valence-corrected chi connectivity index (χ1v) is 8.04. The molecule has 0 radical (unpaired) electrons. The molecule has 2 rings (SSSR count). The van der Waals surface area contributed by atoms with Crippen molar-refractivity contribution in [1.82, 2.24) is 9.88 Å². The van der Waals surface area contributed by atoms with Gasteiger partial charge in [0, 0.05) is 24.8 Å². The van der Waals surface area contributed by atoms with Crippen LogP contribution < -0.4 is 10.9 Å². The van der Waals surface area contributed by atoms with Crippen molar-refractivity contribution in [3.63, 3.8) is 0 Å². The van der Waals surface area contributed by atoms with Gasteiger partial charge in [-0.2, -0.15) is 0 Å². The van der Waals surface area contributed by atoms with Crippen LogP contribution in [-0.4, -0.2) is 17.2 Å². The Hall–Kier alpha value is -1.09. The fourth-order valence-electron chi connectivity index (χ4n) is 3.47. The van der Waals surface area contributed by atoms with E-state index in [2.05, 4.69) is 19.2 Å². The van der Waals surface area contributed by atoms with Gasteiger partial charge in [0.05, 0.1) is 0 Å².